The van der Waals surface area contributed by atoms with Crippen molar-refractivity contribution < 1.29 is 9.13 Å². The van der Waals surface area contributed by atoms with Gasteiger partial charge in [-0.05, 0) is 35.6 Å². The summed E-state index contributed by atoms with van der Waals surface area (Å²) < 4.78 is 19.0. The molecule has 0 fully saturated rings. The van der Waals surface area contributed by atoms with E-state index in [4.69, 9.17) is 10.5 Å². The Morgan fingerprint density at radius 3 is 2.63 bits per heavy atom. The smallest absolute Gasteiger partial charge is 0.124 e. The van der Waals surface area contributed by atoms with Crippen molar-refractivity contribution in [2.24, 2.45) is 11.1 Å². The van der Waals surface area contributed by atoms with Crippen LogP contribution in [0.5, 0.6) is 0 Å². The molecule has 3 heteroatoms. The zero-order chi connectivity index (χ0) is 14.3. The Hall–Kier alpha value is -1.37. The van der Waals surface area contributed by atoms with Crippen LogP contribution in [0.25, 0.3) is 0 Å². The standard InChI is InChI=1S/C16H22FNO/c1-16(2,3)6-8-19-12-14-9-13(5-4-7-18)10-15(17)11-14/h9-11H,6-8,12,18H2,1-3H3. The highest BCUT2D eigenvalue weighted by atomic mass is 19.1. The third kappa shape index (κ3) is 6.95. The second-order valence-corrected chi connectivity index (χ2v) is 5.72. The first kappa shape index (κ1) is 15.7. The van der Waals surface area contributed by atoms with Crippen LogP contribution < -0.4 is 5.73 Å². The van der Waals surface area contributed by atoms with Gasteiger partial charge in [0.25, 0.3) is 0 Å². The first-order valence-corrected chi connectivity index (χ1v) is 6.47. The topological polar surface area (TPSA) is 35.2 Å². The van der Waals surface area contributed by atoms with Crippen molar-refractivity contribution in [2.45, 2.75) is 33.8 Å². The van der Waals surface area contributed by atoms with Crippen molar-refractivity contribution in [3.63, 3.8) is 0 Å². The maximum absolute atomic E-state index is 13.4. The van der Waals surface area contributed by atoms with Gasteiger partial charge < -0.3 is 10.5 Å². The highest BCUT2D eigenvalue weighted by Gasteiger charge is 2.09. The number of ether oxygens (including phenoxy) is 1. The van der Waals surface area contributed by atoms with Crippen molar-refractivity contribution in [1.82, 2.24) is 0 Å². The molecule has 1 aromatic rings. The first-order valence-electron chi connectivity index (χ1n) is 6.47. The number of halogens is 1. The predicted octanol–water partition coefficient (Wildman–Crippen LogP) is 3.09. The Bertz CT molecular complexity index is 466. The van der Waals surface area contributed by atoms with Gasteiger partial charge in [-0.25, -0.2) is 4.39 Å². The Labute approximate surface area is 115 Å². The van der Waals surface area contributed by atoms with E-state index in [1.807, 2.05) is 6.07 Å². The van der Waals surface area contributed by atoms with Gasteiger partial charge in [-0.1, -0.05) is 32.6 Å². The number of hydrogen-bond acceptors (Lipinski definition) is 2. The van der Waals surface area contributed by atoms with Crippen molar-refractivity contribution in [3.8, 4) is 11.8 Å². The molecule has 0 aliphatic carbocycles. The van der Waals surface area contributed by atoms with Crippen LogP contribution in [0.1, 0.15) is 38.3 Å². The van der Waals surface area contributed by atoms with Crippen LogP contribution in [0.4, 0.5) is 4.39 Å². The monoisotopic (exact) mass is 263 g/mol. The second-order valence-electron chi connectivity index (χ2n) is 5.72. The van der Waals surface area contributed by atoms with Gasteiger partial charge in [-0.15, -0.1) is 0 Å². The lowest BCUT2D eigenvalue weighted by molar-refractivity contribution is 0.0960. The minimum absolute atomic E-state index is 0.250. The fraction of sp³-hybridized carbons (Fsp3) is 0.500. The average Bonchev–Trinajstić information content (AvgIpc) is 2.30. The van der Waals surface area contributed by atoms with E-state index in [2.05, 4.69) is 32.6 Å². The van der Waals surface area contributed by atoms with Gasteiger partial charge in [0.05, 0.1) is 13.2 Å². The maximum Gasteiger partial charge on any atom is 0.124 e. The van der Waals surface area contributed by atoms with Crippen molar-refractivity contribution in [3.05, 3.63) is 35.1 Å². The third-order valence-corrected chi connectivity index (χ3v) is 2.56. The maximum atomic E-state index is 13.4. The van der Waals surface area contributed by atoms with Gasteiger partial charge in [-0.2, -0.15) is 0 Å². The molecule has 0 spiro atoms. The Morgan fingerprint density at radius 1 is 1.26 bits per heavy atom. The summed E-state index contributed by atoms with van der Waals surface area (Å²) >= 11 is 0. The molecule has 2 nitrogen and oxygen atoms in total. The molecule has 0 saturated carbocycles. The molecule has 0 atom stereocenters. The summed E-state index contributed by atoms with van der Waals surface area (Å²) in [6, 6.07) is 4.72. The van der Waals surface area contributed by atoms with E-state index < -0.39 is 0 Å². The number of nitrogens with two attached hydrogens (primary N) is 1. The molecule has 0 aliphatic rings. The molecular formula is C16H22FNO. The van der Waals surface area contributed by atoms with E-state index in [0.717, 1.165) is 12.0 Å². The quantitative estimate of drug-likeness (QED) is 0.669. The molecule has 0 unspecified atom stereocenters. The second kappa shape index (κ2) is 7.28. The molecule has 0 heterocycles. The molecule has 2 N–H and O–H groups in total. The lowest BCUT2D eigenvalue weighted by Crippen LogP contribution is -2.09. The van der Waals surface area contributed by atoms with Gasteiger partial charge in [0, 0.05) is 12.2 Å². The highest BCUT2D eigenvalue weighted by molar-refractivity contribution is 5.37. The summed E-state index contributed by atoms with van der Waals surface area (Å²) in [5.41, 5.74) is 6.99. The minimum atomic E-state index is -0.293. The Morgan fingerprint density at radius 2 is 2.00 bits per heavy atom. The largest absolute Gasteiger partial charge is 0.377 e. The Balaban J connectivity index is 2.56. The average molecular weight is 263 g/mol. The molecule has 0 saturated heterocycles. The van der Waals surface area contributed by atoms with Crippen LogP contribution in [-0.4, -0.2) is 13.2 Å². The molecule has 0 amide bonds. The van der Waals surface area contributed by atoms with E-state index >= 15 is 0 Å². The van der Waals surface area contributed by atoms with E-state index in [1.165, 1.54) is 12.1 Å². The van der Waals surface area contributed by atoms with E-state index in [9.17, 15) is 4.39 Å². The van der Waals surface area contributed by atoms with Gasteiger partial charge in [-0.3, -0.25) is 0 Å². The predicted molar refractivity (Wildman–Crippen MR) is 76.1 cm³/mol. The molecule has 19 heavy (non-hydrogen) atoms. The summed E-state index contributed by atoms with van der Waals surface area (Å²) in [5.74, 6) is 5.25. The van der Waals surface area contributed by atoms with Crippen molar-refractivity contribution in [1.29, 1.82) is 0 Å². The molecular weight excluding hydrogens is 241 g/mol. The summed E-state index contributed by atoms with van der Waals surface area (Å²) in [6.45, 7) is 7.85. The van der Waals surface area contributed by atoms with Gasteiger partial charge in [0.2, 0.25) is 0 Å². The van der Waals surface area contributed by atoms with Crippen LogP contribution in [-0.2, 0) is 11.3 Å². The minimum Gasteiger partial charge on any atom is -0.377 e. The number of rotatable bonds is 4. The van der Waals surface area contributed by atoms with Gasteiger partial charge >= 0.3 is 0 Å². The third-order valence-electron chi connectivity index (χ3n) is 2.56. The van der Waals surface area contributed by atoms with Crippen LogP contribution in [0.3, 0.4) is 0 Å². The molecule has 104 valence electrons. The lowest BCUT2D eigenvalue weighted by atomic mass is 9.93. The Kier molecular flexibility index (Phi) is 6.01. The molecule has 1 rings (SSSR count). The lowest BCUT2D eigenvalue weighted by Gasteiger charge is -2.17. The molecule has 0 bridgehead atoms. The summed E-state index contributed by atoms with van der Waals surface area (Å²) in [7, 11) is 0. The molecule has 0 radical (unpaired) electrons. The normalized spacial score (nSPS) is 11.0. The number of hydrogen-bond donors (Lipinski definition) is 1. The van der Waals surface area contributed by atoms with Crippen molar-refractivity contribution in [2.75, 3.05) is 13.2 Å². The first-order chi connectivity index (χ1) is 8.90. The van der Waals surface area contributed by atoms with Crippen LogP contribution in [0, 0.1) is 23.1 Å². The zero-order valence-corrected chi connectivity index (χ0v) is 11.9. The highest BCUT2D eigenvalue weighted by Crippen LogP contribution is 2.18. The fourth-order valence-corrected chi connectivity index (χ4v) is 1.53. The van der Waals surface area contributed by atoms with Crippen LogP contribution in [0.2, 0.25) is 0 Å². The van der Waals surface area contributed by atoms with Crippen LogP contribution in [0.15, 0.2) is 18.2 Å². The number of benzene rings is 1. The molecule has 0 aliphatic heterocycles. The summed E-state index contributed by atoms with van der Waals surface area (Å²) in [5, 5.41) is 0. The SMILES string of the molecule is CC(C)(C)CCOCc1cc(F)cc(C#CCN)c1. The van der Waals surface area contributed by atoms with Crippen molar-refractivity contribution >= 4 is 0 Å². The van der Waals surface area contributed by atoms with Gasteiger partial charge in [0.1, 0.15) is 5.82 Å². The fourth-order valence-electron chi connectivity index (χ4n) is 1.53. The van der Waals surface area contributed by atoms with E-state index in [0.29, 0.717) is 18.8 Å². The zero-order valence-electron chi connectivity index (χ0n) is 11.9. The molecule has 1 aromatic carbocycles. The van der Waals surface area contributed by atoms with E-state index in [-0.39, 0.29) is 17.8 Å². The van der Waals surface area contributed by atoms with Crippen LogP contribution >= 0.6 is 0 Å². The van der Waals surface area contributed by atoms with E-state index in [1.54, 1.807) is 0 Å². The summed E-state index contributed by atoms with van der Waals surface area (Å²) in [4.78, 5) is 0. The summed E-state index contributed by atoms with van der Waals surface area (Å²) in [6.07, 6.45) is 0.974. The molecule has 0 aromatic heterocycles. The van der Waals surface area contributed by atoms with Gasteiger partial charge in [0.15, 0.2) is 0 Å².